The molecule has 6 heteroatoms. The molecule has 0 spiro atoms. The standard InChI is InChI=1S/C6H10O6/c7-5(8)3-1-2-4-11-12-6(9)10/h1-4H2,(H,7,8)(H,9,10). The van der Waals surface area contributed by atoms with Gasteiger partial charge in [0.25, 0.3) is 0 Å². The van der Waals surface area contributed by atoms with E-state index in [-0.39, 0.29) is 13.0 Å². The third-order valence-electron chi connectivity index (χ3n) is 0.999. The second-order valence-corrected chi connectivity index (χ2v) is 2.02. The molecule has 0 saturated heterocycles. The Bertz CT molecular complexity index is 136. The Kier molecular flexibility index (Phi) is 5.72. The van der Waals surface area contributed by atoms with Crippen LogP contribution in [0.1, 0.15) is 19.3 Å². The minimum absolute atomic E-state index is 0.0520. The molecule has 6 nitrogen and oxygen atoms in total. The second kappa shape index (κ2) is 6.41. The lowest BCUT2D eigenvalue weighted by molar-refractivity contribution is -0.251. The summed E-state index contributed by atoms with van der Waals surface area (Å²) in [5, 5.41) is 16.1. The fourth-order valence-electron chi connectivity index (χ4n) is 0.529. The number of hydrogen-bond donors (Lipinski definition) is 2. The summed E-state index contributed by atoms with van der Waals surface area (Å²) in [5.74, 6) is -0.880. The molecule has 0 aromatic rings. The molecule has 0 saturated carbocycles. The van der Waals surface area contributed by atoms with Crippen molar-refractivity contribution in [3.8, 4) is 0 Å². The van der Waals surface area contributed by atoms with Gasteiger partial charge in [0, 0.05) is 6.42 Å². The molecular weight excluding hydrogens is 168 g/mol. The van der Waals surface area contributed by atoms with Crippen molar-refractivity contribution in [3.05, 3.63) is 0 Å². The van der Waals surface area contributed by atoms with E-state index in [2.05, 4.69) is 9.78 Å². The normalized spacial score (nSPS) is 9.33. The van der Waals surface area contributed by atoms with E-state index in [4.69, 9.17) is 10.2 Å². The van der Waals surface area contributed by atoms with Gasteiger partial charge in [-0.25, -0.2) is 4.79 Å². The van der Waals surface area contributed by atoms with Crippen LogP contribution in [-0.2, 0) is 14.6 Å². The molecule has 70 valence electrons. The molecule has 0 radical (unpaired) electrons. The molecule has 0 atom stereocenters. The molecular formula is C6H10O6. The van der Waals surface area contributed by atoms with Crippen molar-refractivity contribution in [2.24, 2.45) is 0 Å². The highest BCUT2D eigenvalue weighted by molar-refractivity contribution is 5.66. The van der Waals surface area contributed by atoms with Gasteiger partial charge >= 0.3 is 12.1 Å². The van der Waals surface area contributed by atoms with Crippen molar-refractivity contribution in [2.45, 2.75) is 19.3 Å². The first kappa shape index (κ1) is 10.7. The van der Waals surface area contributed by atoms with Crippen LogP contribution in [0.5, 0.6) is 0 Å². The maximum absolute atomic E-state index is 9.97. The lowest BCUT2D eigenvalue weighted by atomic mass is 10.2. The quantitative estimate of drug-likeness (QED) is 0.356. The van der Waals surface area contributed by atoms with Crippen LogP contribution in [0, 0.1) is 0 Å². The largest absolute Gasteiger partial charge is 0.537 e. The summed E-state index contributed by atoms with van der Waals surface area (Å²) in [7, 11) is 0. The molecule has 0 fully saturated rings. The Balaban J connectivity index is 3.01. The highest BCUT2D eigenvalue weighted by Gasteiger charge is 1.98. The van der Waals surface area contributed by atoms with Gasteiger partial charge in [0.15, 0.2) is 0 Å². The van der Waals surface area contributed by atoms with Crippen molar-refractivity contribution in [1.82, 2.24) is 0 Å². The van der Waals surface area contributed by atoms with Gasteiger partial charge in [0.1, 0.15) is 0 Å². The van der Waals surface area contributed by atoms with E-state index in [1.54, 1.807) is 0 Å². The van der Waals surface area contributed by atoms with Gasteiger partial charge in [-0.2, -0.15) is 4.89 Å². The van der Waals surface area contributed by atoms with E-state index in [1.165, 1.54) is 0 Å². The Labute approximate surface area is 68.6 Å². The molecule has 0 aliphatic heterocycles. The van der Waals surface area contributed by atoms with Crippen LogP contribution in [-0.4, -0.2) is 28.9 Å². The summed E-state index contributed by atoms with van der Waals surface area (Å²) >= 11 is 0. The van der Waals surface area contributed by atoms with Gasteiger partial charge in [0.2, 0.25) is 0 Å². The topological polar surface area (TPSA) is 93.1 Å². The molecule has 0 aliphatic rings. The van der Waals surface area contributed by atoms with Crippen LogP contribution in [0.25, 0.3) is 0 Å². The first-order valence-corrected chi connectivity index (χ1v) is 3.37. The van der Waals surface area contributed by atoms with E-state index in [1.807, 2.05) is 0 Å². The van der Waals surface area contributed by atoms with Gasteiger partial charge < -0.3 is 10.2 Å². The van der Waals surface area contributed by atoms with Crippen LogP contribution >= 0.6 is 0 Å². The Morgan fingerprint density at radius 1 is 1.17 bits per heavy atom. The fraction of sp³-hybridized carbons (Fsp3) is 0.667. The molecule has 12 heavy (non-hydrogen) atoms. The number of carboxylic acids is 1. The zero-order valence-electron chi connectivity index (χ0n) is 6.36. The maximum Gasteiger partial charge on any atom is 0.537 e. The van der Waals surface area contributed by atoms with Crippen LogP contribution in [0.4, 0.5) is 4.79 Å². The van der Waals surface area contributed by atoms with Crippen LogP contribution in [0.2, 0.25) is 0 Å². The summed E-state index contributed by atoms with van der Waals surface area (Å²) in [6, 6.07) is 0. The van der Waals surface area contributed by atoms with E-state index in [0.29, 0.717) is 12.8 Å². The summed E-state index contributed by atoms with van der Waals surface area (Å²) < 4.78 is 0. The van der Waals surface area contributed by atoms with Gasteiger partial charge in [-0.1, -0.05) is 0 Å². The second-order valence-electron chi connectivity index (χ2n) is 2.02. The lowest BCUT2D eigenvalue weighted by Crippen LogP contribution is -2.03. The van der Waals surface area contributed by atoms with Gasteiger partial charge in [-0.05, 0) is 12.8 Å². The molecule has 0 bridgehead atoms. The number of unbranched alkanes of at least 4 members (excludes halogenated alkanes) is 1. The van der Waals surface area contributed by atoms with Crippen molar-refractivity contribution >= 4 is 12.1 Å². The zero-order valence-corrected chi connectivity index (χ0v) is 6.36. The third-order valence-corrected chi connectivity index (χ3v) is 0.999. The highest BCUT2D eigenvalue weighted by atomic mass is 17.2. The monoisotopic (exact) mass is 178 g/mol. The molecule has 2 N–H and O–H groups in total. The fourth-order valence-corrected chi connectivity index (χ4v) is 0.529. The number of carbonyl (C=O) groups is 2. The molecule has 0 aliphatic carbocycles. The zero-order chi connectivity index (χ0) is 9.40. The molecule has 0 unspecified atom stereocenters. The summed E-state index contributed by atoms with van der Waals surface area (Å²) in [6.45, 7) is 0.0829. The number of hydrogen-bond acceptors (Lipinski definition) is 4. The first-order chi connectivity index (χ1) is 5.63. The summed E-state index contributed by atoms with van der Waals surface area (Å²) in [5.41, 5.74) is 0. The first-order valence-electron chi connectivity index (χ1n) is 3.37. The Hall–Kier alpha value is -1.30. The average molecular weight is 178 g/mol. The SMILES string of the molecule is O=C(O)CCCCOOC(=O)O. The molecule has 0 aromatic heterocycles. The molecule has 0 heterocycles. The molecule has 0 rings (SSSR count). The molecule has 0 aromatic carbocycles. The van der Waals surface area contributed by atoms with Crippen molar-refractivity contribution < 1.29 is 29.6 Å². The van der Waals surface area contributed by atoms with E-state index in [9.17, 15) is 9.59 Å². The van der Waals surface area contributed by atoms with Crippen LogP contribution in [0.3, 0.4) is 0 Å². The minimum atomic E-state index is -1.51. The number of carboxylic acid groups (broad SMARTS) is 2. The lowest BCUT2D eigenvalue weighted by Gasteiger charge is -1.98. The Morgan fingerprint density at radius 2 is 1.83 bits per heavy atom. The predicted octanol–water partition coefficient (Wildman–Crippen LogP) is 0.868. The van der Waals surface area contributed by atoms with Gasteiger partial charge in [-0.15, -0.1) is 0 Å². The third kappa shape index (κ3) is 8.70. The van der Waals surface area contributed by atoms with E-state index >= 15 is 0 Å². The number of aliphatic carboxylic acids is 1. The highest BCUT2D eigenvalue weighted by Crippen LogP contribution is 1.95. The maximum atomic E-state index is 9.97. The summed E-state index contributed by atoms with van der Waals surface area (Å²) in [6.07, 6.45) is -0.554. The minimum Gasteiger partial charge on any atom is -0.481 e. The predicted molar refractivity (Wildman–Crippen MR) is 36.5 cm³/mol. The number of rotatable bonds is 6. The van der Waals surface area contributed by atoms with Crippen molar-refractivity contribution in [3.63, 3.8) is 0 Å². The summed E-state index contributed by atoms with van der Waals surface area (Å²) in [4.78, 5) is 27.6. The van der Waals surface area contributed by atoms with Gasteiger partial charge in [-0.3, -0.25) is 9.68 Å². The van der Waals surface area contributed by atoms with Crippen LogP contribution in [0.15, 0.2) is 0 Å². The van der Waals surface area contributed by atoms with E-state index < -0.39 is 12.1 Å². The van der Waals surface area contributed by atoms with Crippen molar-refractivity contribution in [2.75, 3.05) is 6.61 Å². The average Bonchev–Trinajstić information content (AvgIpc) is 1.95. The Morgan fingerprint density at radius 3 is 2.33 bits per heavy atom. The van der Waals surface area contributed by atoms with Gasteiger partial charge in [0.05, 0.1) is 6.61 Å². The van der Waals surface area contributed by atoms with E-state index in [0.717, 1.165) is 0 Å². The molecule has 0 amide bonds. The smallest absolute Gasteiger partial charge is 0.481 e. The van der Waals surface area contributed by atoms with Crippen molar-refractivity contribution in [1.29, 1.82) is 0 Å². The van der Waals surface area contributed by atoms with Crippen LogP contribution < -0.4 is 0 Å².